The quantitative estimate of drug-likeness (QED) is 0.912. The van der Waals surface area contributed by atoms with Crippen LogP contribution in [0.4, 0.5) is 0 Å². The van der Waals surface area contributed by atoms with Crippen molar-refractivity contribution in [1.29, 1.82) is 0 Å². The summed E-state index contributed by atoms with van der Waals surface area (Å²) in [5.41, 5.74) is 4.38. The number of aryl methyl sites for hydroxylation is 1. The van der Waals surface area contributed by atoms with E-state index >= 15 is 0 Å². The van der Waals surface area contributed by atoms with Crippen LogP contribution in [0.25, 0.3) is 0 Å². The number of hydrogen-bond acceptors (Lipinski definition) is 4. The lowest BCUT2D eigenvalue weighted by Gasteiger charge is -2.08. The molecule has 21 heavy (non-hydrogen) atoms. The number of fused-ring (bicyclic) bond motifs is 1. The number of benzene rings is 1. The molecule has 0 saturated carbocycles. The first-order valence-electron chi connectivity index (χ1n) is 7.24. The molecule has 0 fully saturated rings. The lowest BCUT2D eigenvalue weighted by Crippen LogP contribution is -2.23. The first-order chi connectivity index (χ1) is 10.2. The number of carbonyl (C=O) groups is 1. The van der Waals surface area contributed by atoms with Crippen LogP contribution in [0.1, 0.15) is 32.2 Å². The number of thiazole rings is 1. The highest BCUT2D eigenvalue weighted by atomic mass is 32.1. The Bertz CT molecular complexity index is 651. The van der Waals surface area contributed by atoms with Gasteiger partial charge in [-0.15, -0.1) is 11.3 Å². The monoisotopic (exact) mass is 301 g/mol. The predicted molar refractivity (Wildman–Crippen MR) is 84.7 cm³/mol. The van der Waals surface area contributed by atoms with Crippen molar-refractivity contribution in [3.05, 3.63) is 51.0 Å². The molecule has 1 amide bonds. The number of amides is 1. The normalized spacial score (nSPS) is 14.3. The average molecular weight is 301 g/mol. The molecule has 4 nitrogen and oxygen atoms in total. The van der Waals surface area contributed by atoms with Crippen molar-refractivity contribution < 1.29 is 4.79 Å². The lowest BCUT2D eigenvalue weighted by molar-refractivity contribution is 0.0950. The van der Waals surface area contributed by atoms with Crippen LogP contribution in [0.2, 0.25) is 0 Å². The Balaban J connectivity index is 1.68. The standard InChI is InChI=1S/C16H19N3OS/c1-11-10-21-15(19-11)9-18-16(20)14-3-2-12-4-6-17-7-5-13(12)8-14/h2-3,8,10,17H,4-7,9H2,1H3,(H,18,20). The van der Waals surface area contributed by atoms with E-state index in [9.17, 15) is 4.79 Å². The number of carbonyl (C=O) groups excluding carboxylic acids is 1. The van der Waals surface area contributed by atoms with Gasteiger partial charge in [0, 0.05) is 16.6 Å². The minimum absolute atomic E-state index is 0.0251. The van der Waals surface area contributed by atoms with Crippen molar-refractivity contribution in [3.8, 4) is 0 Å². The van der Waals surface area contributed by atoms with Gasteiger partial charge in [0.2, 0.25) is 0 Å². The SMILES string of the molecule is Cc1csc(CNC(=O)c2ccc3c(c2)CCNCC3)n1. The molecular weight excluding hydrogens is 282 g/mol. The molecule has 3 rings (SSSR count). The van der Waals surface area contributed by atoms with Crippen LogP contribution in [-0.2, 0) is 19.4 Å². The summed E-state index contributed by atoms with van der Waals surface area (Å²) in [5, 5.41) is 9.27. The molecule has 2 aromatic rings. The van der Waals surface area contributed by atoms with Gasteiger partial charge in [0.15, 0.2) is 0 Å². The third-order valence-electron chi connectivity index (χ3n) is 3.68. The van der Waals surface area contributed by atoms with Crippen molar-refractivity contribution in [3.63, 3.8) is 0 Å². The number of nitrogens with zero attached hydrogens (tertiary/aromatic N) is 1. The van der Waals surface area contributed by atoms with E-state index < -0.39 is 0 Å². The molecule has 1 aliphatic rings. The number of aromatic nitrogens is 1. The maximum atomic E-state index is 12.2. The third-order valence-corrected chi connectivity index (χ3v) is 4.64. The van der Waals surface area contributed by atoms with E-state index in [1.165, 1.54) is 11.1 Å². The summed E-state index contributed by atoms with van der Waals surface area (Å²) in [6, 6.07) is 6.04. The van der Waals surface area contributed by atoms with Gasteiger partial charge in [-0.1, -0.05) is 6.07 Å². The van der Waals surface area contributed by atoms with Crippen LogP contribution in [-0.4, -0.2) is 24.0 Å². The minimum atomic E-state index is -0.0251. The maximum absolute atomic E-state index is 12.2. The smallest absolute Gasteiger partial charge is 0.251 e. The van der Waals surface area contributed by atoms with E-state index in [1.54, 1.807) is 11.3 Å². The summed E-state index contributed by atoms with van der Waals surface area (Å²) in [6.45, 7) is 4.46. The Morgan fingerprint density at radius 1 is 1.33 bits per heavy atom. The van der Waals surface area contributed by atoms with Crippen LogP contribution in [0.5, 0.6) is 0 Å². The molecule has 1 aromatic carbocycles. The lowest BCUT2D eigenvalue weighted by atomic mass is 10.00. The fraction of sp³-hybridized carbons (Fsp3) is 0.375. The highest BCUT2D eigenvalue weighted by molar-refractivity contribution is 7.09. The molecule has 0 saturated heterocycles. The van der Waals surface area contributed by atoms with Crippen molar-refractivity contribution in [2.75, 3.05) is 13.1 Å². The largest absolute Gasteiger partial charge is 0.346 e. The van der Waals surface area contributed by atoms with Crippen molar-refractivity contribution in [2.45, 2.75) is 26.3 Å². The maximum Gasteiger partial charge on any atom is 0.251 e. The zero-order valence-corrected chi connectivity index (χ0v) is 12.9. The van der Waals surface area contributed by atoms with Gasteiger partial charge in [-0.3, -0.25) is 4.79 Å². The molecule has 0 atom stereocenters. The Labute approximate surface area is 128 Å². The van der Waals surface area contributed by atoms with Crippen molar-refractivity contribution in [1.82, 2.24) is 15.6 Å². The van der Waals surface area contributed by atoms with Crippen LogP contribution in [0.15, 0.2) is 23.6 Å². The second kappa shape index (κ2) is 6.37. The molecule has 0 aliphatic carbocycles. The zero-order valence-electron chi connectivity index (χ0n) is 12.1. The molecule has 1 aromatic heterocycles. The molecule has 1 aliphatic heterocycles. The van der Waals surface area contributed by atoms with Gasteiger partial charge in [0.25, 0.3) is 5.91 Å². The Hall–Kier alpha value is -1.72. The summed E-state index contributed by atoms with van der Waals surface area (Å²) in [4.78, 5) is 16.6. The summed E-state index contributed by atoms with van der Waals surface area (Å²) in [5.74, 6) is -0.0251. The molecule has 2 N–H and O–H groups in total. The molecule has 0 spiro atoms. The van der Waals surface area contributed by atoms with Crippen LogP contribution >= 0.6 is 11.3 Å². The molecule has 0 bridgehead atoms. The number of rotatable bonds is 3. The van der Waals surface area contributed by atoms with Crippen molar-refractivity contribution >= 4 is 17.2 Å². The third kappa shape index (κ3) is 3.49. The van der Waals surface area contributed by atoms with Crippen LogP contribution < -0.4 is 10.6 Å². The second-order valence-electron chi connectivity index (χ2n) is 5.30. The van der Waals surface area contributed by atoms with E-state index in [-0.39, 0.29) is 5.91 Å². The van der Waals surface area contributed by atoms with E-state index in [0.29, 0.717) is 6.54 Å². The summed E-state index contributed by atoms with van der Waals surface area (Å²) >= 11 is 1.58. The van der Waals surface area contributed by atoms with E-state index in [1.807, 2.05) is 24.4 Å². The summed E-state index contributed by atoms with van der Waals surface area (Å²) < 4.78 is 0. The number of nitrogens with one attached hydrogen (secondary N) is 2. The van der Waals surface area contributed by atoms with Gasteiger partial charge in [-0.2, -0.15) is 0 Å². The fourth-order valence-corrected chi connectivity index (χ4v) is 3.27. The van der Waals surface area contributed by atoms with Crippen LogP contribution in [0, 0.1) is 6.92 Å². The molecule has 0 unspecified atom stereocenters. The molecule has 110 valence electrons. The second-order valence-corrected chi connectivity index (χ2v) is 6.24. The van der Waals surface area contributed by atoms with Crippen LogP contribution in [0.3, 0.4) is 0 Å². The van der Waals surface area contributed by atoms with Gasteiger partial charge in [0.1, 0.15) is 5.01 Å². The summed E-state index contributed by atoms with van der Waals surface area (Å²) in [7, 11) is 0. The van der Waals surface area contributed by atoms with Gasteiger partial charge < -0.3 is 10.6 Å². The van der Waals surface area contributed by atoms with E-state index in [4.69, 9.17) is 0 Å². The van der Waals surface area contributed by atoms with Gasteiger partial charge in [0.05, 0.1) is 6.54 Å². The topological polar surface area (TPSA) is 54.0 Å². The molecule has 2 heterocycles. The van der Waals surface area contributed by atoms with Gasteiger partial charge in [-0.05, 0) is 56.1 Å². The summed E-state index contributed by atoms with van der Waals surface area (Å²) in [6.07, 6.45) is 2.03. The Kier molecular flexibility index (Phi) is 4.31. The highest BCUT2D eigenvalue weighted by Crippen LogP contribution is 2.16. The zero-order chi connectivity index (χ0) is 14.7. The predicted octanol–water partition coefficient (Wildman–Crippen LogP) is 2.07. The fourth-order valence-electron chi connectivity index (χ4n) is 2.56. The Morgan fingerprint density at radius 3 is 2.90 bits per heavy atom. The van der Waals surface area contributed by atoms with Gasteiger partial charge in [-0.25, -0.2) is 4.98 Å². The van der Waals surface area contributed by atoms with E-state index in [2.05, 4.69) is 21.7 Å². The molecule has 0 radical (unpaired) electrons. The van der Waals surface area contributed by atoms with E-state index in [0.717, 1.165) is 42.2 Å². The number of hydrogen-bond donors (Lipinski definition) is 2. The highest BCUT2D eigenvalue weighted by Gasteiger charge is 2.12. The molecular formula is C16H19N3OS. The average Bonchev–Trinajstić information content (AvgIpc) is 2.77. The van der Waals surface area contributed by atoms with Crippen molar-refractivity contribution in [2.24, 2.45) is 0 Å². The molecule has 5 heteroatoms. The first kappa shape index (κ1) is 14.2. The first-order valence-corrected chi connectivity index (χ1v) is 8.12. The minimum Gasteiger partial charge on any atom is -0.346 e. The van der Waals surface area contributed by atoms with Gasteiger partial charge >= 0.3 is 0 Å². The Morgan fingerprint density at radius 2 is 2.14 bits per heavy atom.